The van der Waals surface area contributed by atoms with Crippen molar-refractivity contribution >= 4 is 28.9 Å². The predicted octanol–water partition coefficient (Wildman–Crippen LogP) is 1.26. The number of likely N-dealkylation sites (tertiary alicyclic amines) is 1. The smallest absolute Gasteiger partial charge is 0.326 e. The highest BCUT2D eigenvalue weighted by molar-refractivity contribution is 8.13. The summed E-state index contributed by atoms with van der Waals surface area (Å²) >= 11 is 1.28. The van der Waals surface area contributed by atoms with Crippen LogP contribution in [0.15, 0.2) is 0 Å². The Balaban J connectivity index is 1.61. The second kappa shape index (κ2) is 5.87. The number of fused-ring (bicyclic) bond motifs is 1. The molecule has 1 N–H and O–H groups in total. The van der Waals surface area contributed by atoms with Crippen LogP contribution in [0.25, 0.3) is 0 Å². The van der Waals surface area contributed by atoms with E-state index in [9.17, 15) is 19.5 Å². The Bertz CT molecular complexity index is 470. The van der Waals surface area contributed by atoms with Crippen molar-refractivity contribution in [2.75, 3.05) is 25.4 Å². The molecule has 2 saturated heterocycles. The monoisotopic (exact) mass is 312 g/mol. The molecule has 0 spiro atoms. The number of nitrogens with zero attached hydrogens (tertiary/aromatic N) is 2. The van der Waals surface area contributed by atoms with Gasteiger partial charge in [-0.2, -0.15) is 0 Å². The molecule has 0 aromatic carbocycles. The minimum absolute atomic E-state index is 0.0240. The first-order valence-corrected chi connectivity index (χ1v) is 8.50. The summed E-state index contributed by atoms with van der Waals surface area (Å²) in [4.78, 5) is 38.6. The van der Waals surface area contributed by atoms with Gasteiger partial charge >= 0.3 is 5.97 Å². The van der Waals surface area contributed by atoms with Gasteiger partial charge in [-0.15, -0.1) is 0 Å². The molecule has 1 aliphatic carbocycles. The number of amides is 2. The number of carbonyl (C=O) groups excluding carboxylic acids is 2. The van der Waals surface area contributed by atoms with Crippen LogP contribution >= 0.6 is 11.8 Å². The zero-order chi connectivity index (χ0) is 15.0. The summed E-state index contributed by atoms with van der Waals surface area (Å²) in [6, 6.07) is -0.659. The van der Waals surface area contributed by atoms with Crippen LogP contribution in [0, 0.1) is 11.8 Å². The summed E-state index contributed by atoms with van der Waals surface area (Å²) in [5.74, 6) is 0.236. The van der Waals surface area contributed by atoms with Gasteiger partial charge in [-0.1, -0.05) is 18.2 Å². The third-order valence-electron chi connectivity index (χ3n) is 4.90. The molecule has 3 atom stereocenters. The quantitative estimate of drug-likeness (QED) is 0.845. The van der Waals surface area contributed by atoms with Gasteiger partial charge in [0.1, 0.15) is 6.04 Å². The minimum atomic E-state index is -0.884. The van der Waals surface area contributed by atoms with Gasteiger partial charge in [0.15, 0.2) is 0 Å². The van der Waals surface area contributed by atoms with Crippen LogP contribution in [0.1, 0.15) is 25.7 Å². The first-order chi connectivity index (χ1) is 10.1. The summed E-state index contributed by atoms with van der Waals surface area (Å²) in [6.45, 7) is 1.66. The Hall–Kier alpha value is -1.24. The largest absolute Gasteiger partial charge is 0.480 e. The van der Waals surface area contributed by atoms with E-state index < -0.39 is 12.0 Å². The molecule has 2 heterocycles. The first-order valence-electron chi connectivity index (χ1n) is 7.52. The molecular weight excluding hydrogens is 292 g/mol. The molecule has 2 amide bonds. The molecule has 0 aromatic rings. The second-order valence-corrected chi connectivity index (χ2v) is 7.08. The average molecular weight is 312 g/mol. The Kier molecular flexibility index (Phi) is 4.10. The fraction of sp³-hybridized carbons (Fsp3) is 0.786. The fourth-order valence-electron chi connectivity index (χ4n) is 3.88. The standard InChI is InChI=1S/C14H20N2O4S/c17-11(4-5-15-6-7-21-14(15)20)16-8-9-2-1-3-10(9)12(16)13(18)19/h9-10,12H,1-8H2,(H,18,19). The zero-order valence-corrected chi connectivity index (χ0v) is 12.7. The molecule has 0 radical (unpaired) electrons. The van der Waals surface area contributed by atoms with Crippen LogP contribution in [-0.2, 0) is 9.59 Å². The van der Waals surface area contributed by atoms with Crippen molar-refractivity contribution in [3.8, 4) is 0 Å². The highest BCUT2D eigenvalue weighted by Gasteiger charge is 2.49. The van der Waals surface area contributed by atoms with Crippen molar-refractivity contribution in [1.82, 2.24) is 9.80 Å². The Labute approximate surface area is 127 Å². The van der Waals surface area contributed by atoms with Crippen molar-refractivity contribution in [3.63, 3.8) is 0 Å². The average Bonchev–Trinajstić information content (AvgIpc) is 3.10. The molecule has 2 aliphatic heterocycles. The van der Waals surface area contributed by atoms with E-state index in [1.165, 1.54) is 11.8 Å². The Morgan fingerprint density at radius 3 is 2.81 bits per heavy atom. The van der Waals surface area contributed by atoms with Crippen LogP contribution in [0.5, 0.6) is 0 Å². The molecule has 1 saturated carbocycles. The highest BCUT2D eigenvalue weighted by atomic mass is 32.2. The van der Waals surface area contributed by atoms with Crippen LogP contribution in [-0.4, -0.2) is 63.5 Å². The van der Waals surface area contributed by atoms with Gasteiger partial charge in [0.05, 0.1) is 0 Å². The molecule has 3 fully saturated rings. The van der Waals surface area contributed by atoms with Crippen molar-refractivity contribution in [3.05, 3.63) is 0 Å². The fourth-order valence-corrected chi connectivity index (χ4v) is 4.73. The van der Waals surface area contributed by atoms with Crippen LogP contribution in [0.3, 0.4) is 0 Å². The van der Waals surface area contributed by atoms with Gasteiger partial charge in [0, 0.05) is 31.8 Å². The second-order valence-electron chi connectivity index (χ2n) is 6.04. The molecule has 3 unspecified atom stereocenters. The van der Waals surface area contributed by atoms with Crippen molar-refractivity contribution in [1.29, 1.82) is 0 Å². The van der Waals surface area contributed by atoms with E-state index >= 15 is 0 Å². The number of rotatable bonds is 4. The summed E-state index contributed by atoms with van der Waals surface area (Å²) in [7, 11) is 0. The van der Waals surface area contributed by atoms with E-state index in [4.69, 9.17) is 0 Å². The zero-order valence-electron chi connectivity index (χ0n) is 11.9. The topological polar surface area (TPSA) is 77.9 Å². The molecule has 0 bridgehead atoms. The summed E-state index contributed by atoms with van der Waals surface area (Å²) in [5, 5.41) is 9.46. The molecule has 6 nitrogen and oxygen atoms in total. The van der Waals surface area contributed by atoms with E-state index in [-0.39, 0.29) is 23.5 Å². The predicted molar refractivity (Wildman–Crippen MR) is 78.0 cm³/mol. The van der Waals surface area contributed by atoms with Crippen molar-refractivity contribution in [2.45, 2.75) is 31.7 Å². The summed E-state index contributed by atoms with van der Waals surface area (Å²) < 4.78 is 0. The molecule has 116 valence electrons. The maximum atomic E-state index is 12.4. The Morgan fingerprint density at radius 2 is 2.14 bits per heavy atom. The van der Waals surface area contributed by atoms with Gasteiger partial charge in [0.2, 0.25) is 5.91 Å². The lowest BCUT2D eigenvalue weighted by Crippen LogP contribution is -2.44. The number of carbonyl (C=O) groups is 3. The lowest BCUT2D eigenvalue weighted by molar-refractivity contribution is -0.149. The summed E-state index contributed by atoms with van der Waals surface area (Å²) in [5.41, 5.74) is 0. The molecular formula is C14H20N2O4S. The number of aliphatic carboxylic acids is 1. The SMILES string of the molecule is O=C(O)C1C2CCCC2CN1C(=O)CCN1CCSC1=O. The van der Waals surface area contributed by atoms with E-state index in [0.29, 0.717) is 25.6 Å². The van der Waals surface area contributed by atoms with Crippen LogP contribution < -0.4 is 0 Å². The first kappa shape index (κ1) is 14.7. The van der Waals surface area contributed by atoms with Crippen LogP contribution in [0.2, 0.25) is 0 Å². The van der Waals surface area contributed by atoms with Gasteiger partial charge in [-0.3, -0.25) is 9.59 Å². The normalized spacial score (nSPS) is 31.8. The van der Waals surface area contributed by atoms with E-state index in [1.807, 2.05) is 0 Å². The molecule has 21 heavy (non-hydrogen) atoms. The number of hydrogen-bond donors (Lipinski definition) is 1. The maximum absolute atomic E-state index is 12.4. The lowest BCUT2D eigenvalue weighted by atomic mass is 9.94. The molecule has 3 aliphatic rings. The van der Waals surface area contributed by atoms with Gasteiger partial charge in [-0.05, 0) is 24.7 Å². The molecule has 3 rings (SSSR count). The van der Waals surface area contributed by atoms with Crippen molar-refractivity contribution in [2.24, 2.45) is 11.8 Å². The van der Waals surface area contributed by atoms with E-state index in [1.54, 1.807) is 9.80 Å². The number of thioether (sulfide) groups is 1. The van der Waals surface area contributed by atoms with Crippen molar-refractivity contribution < 1.29 is 19.5 Å². The lowest BCUT2D eigenvalue weighted by Gasteiger charge is -2.25. The van der Waals surface area contributed by atoms with Gasteiger partial charge < -0.3 is 14.9 Å². The van der Waals surface area contributed by atoms with Crippen LogP contribution in [0.4, 0.5) is 4.79 Å². The third-order valence-corrected chi connectivity index (χ3v) is 5.80. The van der Waals surface area contributed by atoms with Gasteiger partial charge in [0.25, 0.3) is 5.24 Å². The maximum Gasteiger partial charge on any atom is 0.326 e. The number of carboxylic acid groups (broad SMARTS) is 1. The van der Waals surface area contributed by atoms with E-state index in [2.05, 4.69) is 0 Å². The Morgan fingerprint density at radius 1 is 1.33 bits per heavy atom. The third kappa shape index (κ3) is 2.75. The molecule has 7 heteroatoms. The summed E-state index contributed by atoms with van der Waals surface area (Å²) in [6.07, 6.45) is 3.24. The molecule has 0 aromatic heterocycles. The highest BCUT2D eigenvalue weighted by Crippen LogP contribution is 2.42. The number of hydrogen-bond acceptors (Lipinski definition) is 4. The van der Waals surface area contributed by atoms with E-state index in [0.717, 1.165) is 25.0 Å². The number of carboxylic acids is 1. The minimum Gasteiger partial charge on any atom is -0.480 e. The van der Waals surface area contributed by atoms with Gasteiger partial charge in [-0.25, -0.2) is 4.79 Å².